The first-order chi connectivity index (χ1) is 8.67. The van der Waals surface area contributed by atoms with E-state index in [0.29, 0.717) is 12.0 Å². The van der Waals surface area contributed by atoms with Gasteiger partial charge in [0.1, 0.15) is 0 Å². The lowest BCUT2D eigenvalue weighted by atomic mass is 10.1. The van der Waals surface area contributed by atoms with E-state index >= 15 is 0 Å². The van der Waals surface area contributed by atoms with Gasteiger partial charge < -0.3 is 4.74 Å². The number of carbonyl (C=O) groups is 2. The van der Waals surface area contributed by atoms with E-state index in [1.54, 1.807) is 18.2 Å². The summed E-state index contributed by atoms with van der Waals surface area (Å²) in [5, 5.41) is 0. The van der Waals surface area contributed by atoms with E-state index in [-0.39, 0.29) is 17.6 Å². The predicted molar refractivity (Wildman–Crippen MR) is 71.0 cm³/mol. The molecule has 0 spiro atoms. The van der Waals surface area contributed by atoms with Crippen molar-refractivity contribution in [1.29, 1.82) is 0 Å². The maximum atomic E-state index is 11.2. The summed E-state index contributed by atoms with van der Waals surface area (Å²) in [6.45, 7) is 0. The van der Waals surface area contributed by atoms with Crippen LogP contribution in [0.3, 0.4) is 0 Å². The molecule has 4 heteroatoms. The number of hydrogen-bond donors (Lipinski definition) is 0. The highest BCUT2D eigenvalue weighted by Gasteiger charge is 2.03. The highest BCUT2D eigenvalue weighted by atomic mass is 35.5. The van der Waals surface area contributed by atoms with E-state index in [0.717, 1.165) is 12.0 Å². The molecule has 0 bridgehead atoms. The summed E-state index contributed by atoms with van der Waals surface area (Å²) in [5.74, 6) is -0.281. The molecule has 18 heavy (non-hydrogen) atoms. The first kappa shape index (κ1) is 14.5. The van der Waals surface area contributed by atoms with E-state index in [9.17, 15) is 9.59 Å². The minimum Gasteiger partial charge on any atom is -0.465 e. The van der Waals surface area contributed by atoms with Gasteiger partial charge in [0.05, 0.1) is 18.6 Å². The van der Waals surface area contributed by atoms with Gasteiger partial charge in [-0.05, 0) is 24.1 Å². The molecule has 0 heterocycles. The standard InChI is InChI=1S/C14H15ClO3/c1-18-14(17)12-8-6-11(7-9-12)4-2-3-5-13(16)10-15/h2-3,6-9H,4-5,10H2,1H3/b3-2+. The number of ether oxygens (including phenoxy) is 1. The molecule has 0 aliphatic rings. The number of benzene rings is 1. The van der Waals surface area contributed by atoms with Crippen molar-refractivity contribution in [2.24, 2.45) is 0 Å². The highest BCUT2D eigenvalue weighted by molar-refractivity contribution is 6.27. The van der Waals surface area contributed by atoms with Crippen LogP contribution in [0.5, 0.6) is 0 Å². The normalized spacial score (nSPS) is 10.6. The summed E-state index contributed by atoms with van der Waals surface area (Å²) in [7, 11) is 1.35. The van der Waals surface area contributed by atoms with E-state index < -0.39 is 0 Å². The molecule has 0 atom stereocenters. The molecule has 96 valence electrons. The van der Waals surface area contributed by atoms with Crippen molar-refractivity contribution < 1.29 is 14.3 Å². The molecule has 0 unspecified atom stereocenters. The highest BCUT2D eigenvalue weighted by Crippen LogP contribution is 2.07. The second kappa shape index (κ2) is 7.67. The summed E-state index contributed by atoms with van der Waals surface area (Å²) in [6, 6.07) is 7.16. The fourth-order valence-corrected chi connectivity index (χ4v) is 1.49. The summed E-state index contributed by atoms with van der Waals surface area (Å²) in [5.41, 5.74) is 1.60. The number of methoxy groups -OCH3 is 1. The van der Waals surface area contributed by atoms with Gasteiger partial charge in [-0.1, -0.05) is 24.3 Å². The first-order valence-electron chi connectivity index (χ1n) is 5.57. The Balaban J connectivity index is 2.49. The van der Waals surface area contributed by atoms with Crippen molar-refractivity contribution in [2.75, 3.05) is 13.0 Å². The van der Waals surface area contributed by atoms with Crippen molar-refractivity contribution >= 4 is 23.4 Å². The van der Waals surface area contributed by atoms with Gasteiger partial charge in [-0.15, -0.1) is 11.6 Å². The molecule has 0 aliphatic heterocycles. The van der Waals surface area contributed by atoms with Crippen LogP contribution in [0, 0.1) is 0 Å². The quantitative estimate of drug-likeness (QED) is 0.452. The van der Waals surface area contributed by atoms with Gasteiger partial charge in [-0.25, -0.2) is 4.79 Å². The van der Waals surface area contributed by atoms with Crippen LogP contribution >= 0.6 is 11.6 Å². The zero-order valence-corrected chi connectivity index (χ0v) is 10.9. The zero-order chi connectivity index (χ0) is 13.4. The second-order valence-corrected chi connectivity index (χ2v) is 4.01. The number of halogens is 1. The molecule has 0 aromatic heterocycles. The van der Waals surface area contributed by atoms with Gasteiger partial charge in [0.2, 0.25) is 0 Å². The molecule has 0 saturated heterocycles. The lowest BCUT2D eigenvalue weighted by Crippen LogP contribution is -2.00. The number of Topliss-reactive ketones (excluding diaryl/α,β-unsaturated/α-hetero) is 1. The van der Waals surface area contributed by atoms with E-state index in [1.807, 2.05) is 18.2 Å². The Kier molecular flexibility index (Phi) is 6.15. The Morgan fingerprint density at radius 2 is 1.89 bits per heavy atom. The molecule has 0 amide bonds. The number of carbonyl (C=O) groups excluding carboxylic acids is 2. The summed E-state index contributed by atoms with van der Waals surface area (Å²) < 4.78 is 4.61. The summed E-state index contributed by atoms with van der Waals surface area (Å²) >= 11 is 5.38. The number of ketones is 1. The van der Waals surface area contributed by atoms with Crippen molar-refractivity contribution in [1.82, 2.24) is 0 Å². The molecule has 1 aromatic carbocycles. The van der Waals surface area contributed by atoms with Crippen molar-refractivity contribution in [2.45, 2.75) is 12.8 Å². The third kappa shape index (κ3) is 4.72. The number of hydrogen-bond acceptors (Lipinski definition) is 3. The largest absolute Gasteiger partial charge is 0.465 e. The smallest absolute Gasteiger partial charge is 0.337 e. The van der Waals surface area contributed by atoms with E-state index in [1.165, 1.54) is 7.11 Å². The van der Waals surface area contributed by atoms with Crippen LogP contribution in [-0.2, 0) is 16.0 Å². The molecule has 1 aromatic rings. The molecule has 0 fully saturated rings. The molecule has 0 radical (unpaired) electrons. The number of esters is 1. The van der Waals surface area contributed by atoms with Crippen molar-refractivity contribution in [3.8, 4) is 0 Å². The topological polar surface area (TPSA) is 43.4 Å². The third-order valence-electron chi connectivity index (χ3n) is 2.39. The maximum Gasteiger partial charge on any atom is 0.337 e. The Morgan fingerprint density at radius 1 is 1.22 bits per heavy atom. The minimum absolute atomic E-state index is 0.00829. The van der Waals surface area contributed by atoms with Crippen molar-refractivity contribution in [3.05, 3.63) is 47.5 Å². The van der Waals surface area contributed by atoms with Crippen LogP contribution in [0.2, 0.25) is 0 Å². The molecule has 0 saturated carbocycles. The predicted octanol–water partition coefficient (Wildman–Crippen LogP) is 2.77. The minimum atomic E-state index is -0.343. The SMILES string of the molecule is COC(=O)c1ccc(C/C=C/CC(=O)CCl)cc1. The Labute approximate surface area is 111 Å². The first-order valence-corrected chi connectivity index (χ1v) is 6.10. The molecule has 0 N–H and O–H groups in total. The lowest BCUT2D eigenvalue weighted by molar-refractivity contribution is -0.115. The van der Waals surface area contributed by atoms with E-state index in [2.05, 4.69) is 4.74 Å². The molecule has 1 rings (SSSR count). The number of alkyl halides is 1. The van der Waals surface area contributed by atoms with Crippen LogP contribution < -0.4 is 0 Å². The van der Waals surface area contributed by atoms with Crippen LogP contribution in [0.1, 0.15) is 22.3 Å². The van der Waals surface area contributed by atoms with Gasteiger partial charge >= 0.3 is 5.97 Å². The fourth-order valence-electron chi connectivity index (χ4n) is 1.38. The van der Waals surface area contributed by atoms with Crippen LogP contribution in [-0.4, -0.2) is 24.7 Å². The number of rotatable bonds is 6. The average molecular weight is 267 g/mol. The van der Waals surface area contributed by atoms with Crippen LogP contribution in [0.15, 0.2) is 36.4 Å². The molecule has 3 nitrogen and oxygen atoms in total. The summed E-state index contributed by atoms with van der Waals surface area (Å²) in [6.07, 6.45) is 4.80. The Morgan fingerprint density at radius 3 is 2.44 bits per heavy atom. The van der Waals surface area contributed by atoms with E-state index in [4.69, 9.17) is 11.6 Å². The molecule has 0 aliphatic carbocycles. The van der Waals surface area contributed by atoms with Gasteiger partial charge in [0.15, 0.2) is 5.78 Å². The maximum absolute atomic E-state index is 11.2. The lowest BCUT2D eigenvalue weighted by Gasteiger charge is -2.00. The Bertz CT molecular complexity index is 435. The average Bonchev–Trinajstić information content (AvgIpc) is 2.43. The Hall–Kier alpha value is -1.61. The fraction of sp³-hybridized carbons (Fsp3) is 0.286. The second-order valence-electron chi connectivity index (χ2n) is 3.74. The van der Waals surface area contributed by atoms with Crippen LogP contribution in [0.25, 0.3) is 0 Å². The third-order valence-corrected chi connectivity index (χ3v) is 2.69. The van der Waals surface area contributed by atoms with Gasteiger partial charge in [0, 0.05) is 6.42 Å². The molecular weight excluding hydrogens is 252 g/mol. The zero-order valence-electron chi connectivity index (χ0n) is 10.2. The number of allylic oxidation sites excluding steroid dienone is 2. The van der Waals surface area contributed by atoms with Gasteiger partial charge in [0.25, 0.3) is 0 Å². The van der Waals surface area contributed by atoms with Gasteiger partial charge in [-0.3, -0.25) is 4.79 Å². The van der Waals surface area contributed by atoms with Crippen LogP contribution in [0.4, 0.5) is 0 Å². The summed E-state index contributed by atoms with van der Waals surface area (Å²) in [4.78, 5) is 22.1. The van der Waals surface area contributed by atoms with Crippen molar-refractivity contribution in [3.63, 3.8) is 0 Å². The van der Waals surface area contributed by atoms with Gasteiger partial charge in [-0.2, -0.15) is 0 Å². The molecular formula is C14H15ClO3. The monoisotopic (exact) mass is 266 g/mol.